The molecule has 0 bridgehead atoms. The van der Waals surface area contributed by atoms with Crippen molar-refractivity contribution in [2.24, 2.45) is 5.41 Å². The predicted octanol–water partition coefficient (Wildman–Crippen LogP) is 1.82. The highest BCUT2D eigenvalue weighted by Crippen LogP contribution is 2.36. The van der Waals surface area contributed by atoms with Crippen LogP contribution in [0.3, 0.4) is 0 Å². The van der Waals surface area contributed by atoms with E-state index < -0.39 is 11.5 Å². The van der Waals surface area contributed by atoms with E-state index in [1.165, 1.54) is 0 Å². The smallest absolute Gasteiger partial charge is 0.163 e. The van der Waals surface area contributed by atoms with Crippen LogP contribution in [-0.4, -0.2) is 64.7 Å². The summed E-state index contributed by atoms with van der Waals surface area (Å²) >= 11 is 0. The number of aromatic nitrogens is 3. The molecule has 3 heterocycles. The standard InChI is InChI=1S/C20H28N4O3/c1-15-11-18(23-19(22-15)16-5-3-8-21-12-16)24-9-6-17(26)20(13-24,14-25)7-4-10-27-2/h3,5,8,11-12,17,25-26H,4,6-7,9-10,13-14H2,1-2H3/t17-,20+/m1/s1. The lowest BCUT2D eigenvalue weighted by atomic mass is 9.74. The van der Waals surface area contributed by atoms with Gasteiger partial charge in [-0.3, -0.25) is 4.98 Å². The van der Waals surface area contributed by atoms with E-state index in [1.807, 2.05) is 25.1 Å². The zero-order valence-electron chi connectivity index (χ0n) is 16.0. The number of methoxy groups -OCH3 is 1. The molecule has 1 saturated heterocycles. The van der Waals surface area contributed by atoms with Crippen LogP contribution < -0.4 is 4.90 Å². The lowest BCUT2D eigenvalue weighted by molar-refractivity contribution is -0.0388. The highest BCUT2D eigenvalue weighted by atomic mass is 16.5. The molecule has 146 valence electrons. The zero-order valence-corrected chi connectivity index (χ0v) is 16.0. The topological polar surface area (TPSA) is 91.6 Å². The molecule has 2 aromatic heterocycles. The van der Waals surface area contributed by atoms with Crippen LogP contribution in [0.5, 0.6) is 0 Å². The first kappa shape index (κ1) is 19.7. The highest BCUT2D eigenvalue weighted by molar-refractivity contribution is 5.57. The fourth-order valence-electron chi connectivity index (χ4n) is 3.73. The van der Waals surface area contributed by atoms with Gasteiger partial charge >= 0.3 is 0 Å². The van der Waals surface area contributed by atoms with Crippen molar-refractivity contribution < 1.29 is 14.9 Å². The van der Waals surface area contributed by atoms with Crippen molar-refractivity contribution >= 4 is 5.82 Å². The minimum atomic E-state index is -0.565. The Kier molecular flexibility index (Phi) is 6.36. The quantitative estimate of drug-likeness (QED) is 0.716. The van der Waals surface area contributed by atoms with Crippen molar-refractivity contribution in [3.8, 4) is 11.4 Å². The number of pyridine rings is 1. The lowest BCUT2D eigenvalue weighted by Crippen LogP contribution is -2.54. The van der Waals surface area contributed by atoms with Crippen molar-refractivity contribution in [2.75, 3.05) is 38.3 Å². The van der Waals surface area contributed by atoms with Crippen LogP contribution in [-0.2, 0) is 4.74 Å². The third-order valence-corrected chi connectivity index (χ3v) is 5.31. The molecule has 7 heteroatoms. The minimum absolute atomic E-state index is 0.0616. The molecule has 0 spiro atoms. The van der Waals surface area contributed by atoms with Gasteiger partial charge in [-0.1, -0.05) is 0 Å². The third-order valence-electron chi connectivity index (χ3n) is 5.31. The number of anilines is 1. The molecule has 1 fully saturated rings. The van der Waals surface area contributed by atoms with E-state index in [0.717, 1.165) is 23.5 Å². The molecule has 2 atom stereocenters. The van der Waals surface area contributed by atoms with Crippen LogP contribution in [0.2, 0.25) is 0 Å². The third kappa shape index (κ3) is 4.43. The summed E-state index contributed by atoms with van der Waals surface area (Å²) in [5.41, 5.74) is 1.18. The van der Waals surface area contributed by atoms with Crippen molar-refractivity contribution in [3.63, 3.8) is 0 Å². The molecule has 2 aromatic rings. The second kappa shape index (κ2) is 8.73. The van der Waals surface area contributed by atoms with Crippen LogP contribution in [0.1, 0.15) is 25.0 Å². The molecule has 0 aliphatic carbocycles. The number of nitrogens with zero attached hydrogens (tertiary/aromatic N) is 4. The van der Waals surface area contributed by atoms with Gasteiger partial charge < -0.3 is 19.8 Å². The molecule has 27 heavy (non-hydrogen) atoms. The van der Waals surface area contributed by atoms with Gasteiger partial charge in [-0.25, -0.2) is 9.97 Å². The van der Waals surface area contributed by atoms with E-state index in [-0.39, 0.29) is 6.61 Å². The number of piperidine rings is 1. The van der Waals surface area contributed by atoms with E-state index in [0.29, 0.717) is 38.4 Å². The van der Waals surface area contributed by atoms with Gasteiger partial charge in [0.1, 0.15) is 5.82 Å². The van der Waals surface area contributed by atoms with Gasteiger partial charge in [0.25, 0.3) is 0 Å². The summed E-state index contributed by atoms with van der Waals surface area (Å²) in [4.78, 5) is 15.6. The molecule has 0 radical (unpaired) electrons. The number of aryl methyl sites for hydroxylation is 1. The number of hydrogen-bond donors (Lipinski definition) is 2. The van der Waals surface area contributed by atoms with Gasteiger partial charge in [0, 0.05) is 61.9 Å². The number of ether oxygens (including phenoxy) is 1. The summed E-state index contributed by atoms with van der Waals surface area (Å²) in [5.74, 6) is 1.45. The Morgan fingerprint density at radius 3 is 2.93 bits per heavy atom. The summed E-state index contributed by atoms with van der Waals surface area (Å²) in [6.45, 7) is 3.75. The highest BCUT2D eigenvalue weighted by Gasteiger charge is 2.42. The van der Waals surface area contributed by atoms with E-state index in [9.17, 15) is 10.2 Å². The maximum atomic E-state index is 10.6. The first-order chi connectivity index (χ1) is 13.1. The van der Waals surface area contributed by atoms with Crippen LogP contribution >= 0.6 is 0 Å². The lowest BCUT2D eigenvalue weighted by Gasteiger charge is -2.46. The van der Waals surface area contributed by atoms with Gasteiger partial charge in [0.05, 0.1) is 12.7 Å². The molecule has 0 unspecified atom stereocenters. The molecule has 3 rings (SSSR count). The average Bonchev–Trinajstić information content (AvgIpc) is 2.70. The summed E-state index contributed by atoms with van der Waals surface area (Å²) in [6.07, 6.45) is 5.04. The zero-order chi connectivity index (χ0) is 19.3. The Bertz CT molecular complexity index is 743. The van der Waals surface area contributed by atoms with Gasteiger partial charge in [0.15, 0.2) is 5.82 Å². The average molecular weight is 372 g/mol. The van der Waals surface area contributed by atoms with Gasteiger partial charge in [-0.2, -0.15) is 0 Å². The predicted molar refractivity (Wildman–Crippen MR) is 103 cm³/mol. The molecule has 1 aliphatic rings. The summed E-state index contributed by atoms with van der Waals surface area (Å²) in [7, 11) is 1.67. The van der Waals surface area contributed by atoms with Gasteiger partial charge in [-0.05, 0) is 38.3 Å². The summed E-state index contributed by atoms with van der Waals surface area (Å²) in [6, 6.07) is 5.76. The monoisotopic (exact) mass is 372 g/mol. The number of aliphatic hydroxyl groups excluding tert-OH is 2. The Labute approximate surface area is 160 Å². The Morgan fingerprint density at radius 1 is 1.37 bits per heavy atom. The fraction of sp³-hybridized carbons (Fsp3) is 0.550. The largest absolute Gasteiger partial charge is 0.396 e. The van der Waals surface area contributed by atoms with Crippen LogP contribution in [0.15, 0.2) is 30.6 Å². The molecular weight excluding hydrogens is 344 g/mol. The Hall–Kier alpha value is -2.09. The number of aliphatic hydroxyl groups is 2. The first-order valence-corrected chi connectivity index (χ1v) is 9.37. The van der Waals surface area contributed by atoms with Crippen molar-refractivity contribution in [3.05, 3.63) is 36.3 Å². The van der Waals surface area contributed by atoms with Crippen LogP contribution in [0.25, 0.3) is 11.4 Å². The van der Waals surface area contributed by atoms with E-state index in [4.69, 9.17) is 9.72 Å². The molecule has 7 nitrogen and oxygen atoms in total. The molecule has 0 saturated carbocycles. The minimum Gasteiger partial charge on any atom is -0.396 e. The molecule has 1 aliphatic heterocycles. The van der Waals surface area contributed by atoms with Crippen LogP contribution in [0, 0.1) is 12.3 Å². The SMILES string of the molecule is COCCC[C@@]1(CO)CN(c2cc(C)nc(-c3cccnc3)n2)CC[C@H]1O. The summed E-state index contributed by atoms with van der Waals surface area (Å²) < 4.78 is 5.15. The first-order valence-electron chi connectivity index (χ1n) is 9.37. The Balaban J connectivity index is 1.86. The van der Waals surface area contributed by atoms with Crippen molar-refractivity contribution in [1.29, 1.82) is 0 Å². The van der Waals surface area contributed by atoms with Gasteiger partial charge in [-0.15, -0.1) is 0 Å². The van der Waals surface area contributed by atoms with Crippen LogP contribution in [0.4, 0.5) is 5.82 Å². The number of rotatable bonds is 7. The van der Waals surface area contributed by atoms with E-state index >= 15 is 0 Å². The van der Waals surface area contributed by atoms with E-state index in [2.05, 4.69) is 14.9 Å². The maximum absolute atomic E-state index is 10.6. The maximum Gasteiger partial charge on any atom is 0.163 e. The molecule has 0 aromatic carbocycles. The molecule has 2 N–H and O–H groups in total. The normalized spacial score (nSPS) is 22.8. The molecular formula is C20H28N4O3. The Morgan fingerprint density at radius 2 is 2.22 bits per heavy atom. The second-order valence-electron chi connectivity index (χ2n) is 7.28. The second-order valence-corrected chi connectivity index (χ2v) is 7.28. The van der Waals surface area contributed by atoms with E-state index in [1.54, 1.807) is 19.5 Å². The van der Waals surface area contributed by atoms with Crippen molar-refractivity contribution in [2.45, 2.75) is 32.3 Å². The fourth-order valence-corrected chi connectivity index (χ4v) is 3.73. The summed E-state index contributed by atoms with van der Waals surface area (Å²) in [5, 5.41) is 20.7. The molecule has 0 amide bonds. The van der Waals surface area contributed by atoms with Gasteiger partial charge in [0.2, 0.25) is 0 Å². The number of hydrogen-bond acceptors (Lipinski definition) is 7. The van der Waals surface area contributed by atoms with Crippen molar-refractivity contribution in [1.82, 2.24) is 15.0 Å².